The van der Waals surface area contributed by atoms with Gasteiger partial charge in [0.1, 0.15) is 11.6 Å². The minimum Gasteiger partial charge on any atom is -0.328 e. The Labute approximate surface area is 165 Å². The smallest absolute Gasteiger partial charge is 0.256 e. The molecule has 0 bridgehead atoms. The largest absolute Gasteiger partial charge is 0.328 e. The van der Waals surface area contributed by atoms with E-state index >= 15 is 0 Å². The number of hydrogen-bond donors (Lipinski definition) is 0. The molecule has 0 saturated carbocycles. The van der Waals surface area contributed by atoms with Crippen molar-refractivity contribution in [1.82, 2.24) is 14.9 Å². The van der Waals surface area contributed by atoms with Crippen molar-refractivity contribution in [3.8, 4) is 11.1 Å². The first kappa shape index (κ1) is 17.4. The van der Waals surface area contributed by atoms with Crippen LogP contribution in [-0.4, -0.2) is 20.8 Å². The van der Waals surface area contributed by atoms with Gasteiger partial charge in [0.2, 0.25) is 0 Å². The summed E-state index contributed by atoms with van der Waals surface area (Å²) in [6, 6.07) is 13.4. The van der Waals surface area contributed by atoms with Gasteiger partial charge in [-0.25, -0.2) is 8.78 Å². The number of fused-ring (bicyclic) bond motifs is 2. The number of hydrogen-bond acceptors (Lipinski definition) is 3. The second-order valence-electron chi connectivity index (χ2n) is 6.98. The number of aromatic nitrogens is 2. The van der Waals surface area contributed by atoms with E-state index in [4.69, 9.17) is 0 Å². The van der Waals surface area contributed by atoms with Crippen LogP contribution >= 0.6 is 0 Å². The van der Waals surface area contributed by atoms with Crippen LogP contribution in [-0.2, 0) is 13.1 Å². The van der Waals surface area contributed by atoms with Gasteiger partial charge in [-0.05, 0) is 46.8 Å². The second kappa shape index (κ2) is 6.74. The average Bonchev–Trinajstić information content (AvgIpc) is 3.06. The molecule has 1 aliphatic heterocycles. The van der Waals surface area contributed by atoms with Crippen molar-refractivity contribution in [2.24, 2.45) is 0 Å². The van der Waals surface area contributed by atoms with Crippen LogP contribution in [0.4, 0.5) is 8.78 Å². The van der Waals surface area contributed by atoms with Gasteiger partial charge >= 0.3 is 0 Å². The quantitative estimate of drug-likeness (QED) is 0.511. The van der Waals surface area contributed by atoms with Gasteiger partial charge in [-0.1, -0.05) is 18.2 Å². The van der Waals surface area contributed by atoms with Gasteiger partial charge in [-0.15, -0.1) is 0 Å². The van der Waals surface area contributed by atoms with E-state index in [0.29, 0.717) is 16.8 Å². The third kappa shape index (κ3) is 2.93. The van der Waals surface area contributed by atoms with E-state index in [1.807, 2.05) is 24.3 Å². The number of carbonyl (C=O) groups is 1. The molecule has 0 N–H and O–H groups in total. The zero-order valence-electron chi connectivity index (χ0n) is 15.3. The van der Waals surface area contributed by atoms with Crippen LogP contribution in [0.3, 0.4) is 0 Å². The lowest BCUT2D eigenvalue weighted by molar-refractivity contribution is 0.0763. The molecule has 2 aromatic carbocycles. The first-order chi connectivity index (χ1) is 14.1. The van der Waals surface area contributed by atoms with Crippen molar-refractivity contribution >= 4 is 16.7 Å². The fourth-order valence-electron chi connectivity index (χ4n) is 3.78. The highest BCUT2D eigenvalue weighted by Gasteiger charge is 2.29. The molecule has 0 radical (unpaired) electrons. The van der Waals surface area contributed by atoms with Gasteiger partial charge in [-0.3, -0.25) is 14.8 Å². The second-order valence-corrected chi connectivity index (χ2v) is 6.98. The molecule has 4 nitrogen and oxygen atoms in total. The summed E-state index contributed by atoms with van der Waals surface area (Å²) in [6.07, 6.45) is 4.97. The molecule has 0 fully saturated rings. The van der Waals surface area contributed by atoms with Crippen molar-refractivity contribution in [2.75, 3.05) is 0 Å². The number of nitrogens with zero attached hydrogens (tertiary/aromatic N) is 3. The van der Waals surface area contributed by atoms with Crippen molar-refractivity contribution in [1.29, 1.82) is 0 Å². The predicted molar refractivity (Wildman–Crippen MR) is 105 cm³/mol. The van der Waals surface area contributed by atoms with Crippen molar-refractivity contribution < 1.29 is 13.6 Å². The summed E-state index contributed by atoms with van der Waals surface area (Å²) in [5.74, 6) is -1.62. The number of pyridine rings is 2. The molecule has 0 atom stereocenters. The molecular weight excluding hydrogens is 372 g/mol. The topological polar surface area (TPSA) is 46.1 Å². The van der Waals surface area contributed by atoms with Crippen molar-refractivity contribution in [2.45, 2.75) is 13.1 Å². The van der Waals surface area contributed by atoms with Crippen molar-refractivity contribution in [3.63, 3.8) is 0 Å². The molecule has 6 heteroatoms. The third-order valence-corrected chi connectivity index (χ3v) is 5.23. The van der Waals surface area contributed by atoms with Gasteiger partial charge in [0, 0.05) is 29.5 Å². The standard InChI is InChI=1S/C23H15F2N3O/c24-20-9-15(16-4-1-3-14-11-26-8-6-17(14)16)10-21(25)19(20)12-28-13-22-18(23(28)29)5-2-7-27-22/h1-11H,12-13H2. The Bertz CT molecular complexity index is 1240. The molecule has 1 aliphatic rings. The number of amides is 1. The molecule has 4 aromatic rings. The molecule has 29 heavy (non-hydrogen) atoms. The number of carbonyl (C=O) groups excluding carboxylic acids is 1. The van der Waals surface area contributed by atoms with Crippen LogP contribution in [0, 0.1) is 11.6 Å². The van der Waals surface area contributed by atoms with Crippen LogP contribution in [0.5, 0.6) is 0 Å². The molecule has 2 aromatic heterocycles. The molecule has 1 amide bonds. The summed E-state index contributed by atoms with van der Waals surface area (Å²) < 4.78 is 29.8. The molecule has 3 heterocycles. The molecule has 0 aliphatic carbocycles. The lowest BCUT2D eigenvalue weighted by atomic mass is 9.98. The average molecular weight is 387 g/mol. The maximum atomic E-state index is 14.9. The van der Waals surface area contributed by atoms with Crippen LogP contribution < -0.4 is 0 Å². The van der Waals surface area contributed by atoms with E-state index in [2.05, 4.69) is 9.97 Å². The van der Waals surface area contributed by atoms with Crippen LogP contribution in [0.1, 0.15) is 21.6 Å². The predicted octanol–water partition coefficient (Wildman–Crippen LogP) is 4.73. The van der Waals surface area contributed by atoms with E-state index in [-0.39, 0.29) is 24.6 Å². The Morgan fingerprint density at radius 2 is 1.76 bits per heavy atom. The van der Waals surface area contributed by atoms with Gasteiger partial charge in [0.15, 0.2) is 0 Å². The summed E-state index contributed by atoms with van der Waals surface area (Å²) in [5.41, 5.74) is 2.15. The molecular formula is C23H15F2N3O. The first-order valence-corrected chi connectivity index (χ1v) is 9.16. The monoisotopic (exact) mass is 387 g/mol. The highest BCUT2D eigenvalue weighted by atomic mass is 19.1. The zero-order chi connectivity index (χ0) is 20.0. The lowest BCUT2D eigenvalue weighted by Crippen LogP contribution is -2.24. The van der Waals surface area contributed by atoms with E-state index in [1.54, 1.807) is 30.7 Å². The Morgan fingerprint density at radius 3 is 2.55 bits per heavy atom. The third-order valence-electron chi connectivity index (χ3n) is 5.23. The summed E-state index contributed by atoms with van der Waals surface area (Å²) in [5, 5.41) is 1.76. The highest BCUT2D eigenvalue weighted by Crippen LogP contribution is 2.32. The number of halogens is 2. The van der Waals surface area contributed by atoms with Gasteiger partial charge < -0.3 is 4.90 Å². The Balaban J connectivity index is 1.50. The van der Waals surface area contributed by atoms with E-state index in [1.165, 1.54) is 17.0 Å². The SMILES string of the molecule is O=C1c2cccnc2CN1Cc1c(F)cc(-c2cccc3cnccc23)cc1F. The normalized spacial score (nSPS) is 13.2. The summed E-state index contributed by atoms with van der Waals surface area (Å²) >= 11 is 0. The first-order valence-electron chi connectivity index (χ1n) is 9.16. The van der Waals surface area contributed by atoms with E-state index in [0.717, 1.165) is 16.3 Å². The molecule has 0 unspecified atom stereocenters. The van der Waals surface area contributed by atoms with Crippen LogP contribution in [0.2, 0.25) is 0 Å². The van der Waals surface area contributed by atoms with E-state index in [9.17, 15) is 13.6 Å². The van der Waals surface area contributed by atoms with Gasteiger partial charge in [0.05, 0.1) is 24.3 Å². The number of rotatable bonds is 3. The maximum absolute atomic E-state index is 14.9. The van der Waals surface area contributed by atoms with Crippen LogP contribution in [0.25, 0.3) is 21.9 Å². The minimum atomic E-state index is -0.678. The molecule has 0 saturated heterocycles. The Morgan fingerprint density at radius 1 is 0.966 bits per heavy atom. The van der Waals surface area contributed by atoms with Gasteiger partial charge in [0.25, 0.3) is 5.91 Å². The van der Waals surface area contributed by atoms with Gasteiger partial charge in [-0.2, -0.15) is 0 Å². The maximum Gasteiger partial charge on any atom is 0.256 e. The fourth-order valence-corrected chi connectivity index (χ4v) is 3.78. The highest BCUT2D eigenvalue weighted by molar-refractivity contribution is 5.98. The van der Waals surface area contributed by atoms with Crippen molar-refractivity contribution in [3.05, 3.63) is 95.6 Å². The Hall–Kier alpha value is -3.67. The Kier molecular flexibility index (Phi) is 4.05. The lowest BCUT2D eigenvalue weighted by Gasteiger charge is -2.17. The summed E-state index contributed by atoms with van der Waals surface area (Å²) in [7, 11) is 0. The van der Waals surface area contributed by atoms with E-state index < -0.39 is 11.6 Å². The number of benzene rings is 2. The molecule has 0 spiro atoms. The summed E-state index contributed by atoms with van der Waals surface area (Å²) in [6.45, 7) is 0.0958. The van der Waals surface area contributed by atoms with Crippen LogP contribution in [0.15, 0.2) is 67.1 Å². The molecule has 5 rings (SSSR count). The minimum absolute atomic E-state index is 0.128. The fraction of sp³-hybridized carbons (Fsp3) is 0.0870. The molecule has 142 valence electrons. The zero-order valence-corrected chi connectivity index (χ0v) is 15.3. The summed E-state index contributed by atoms with van der Waals surface area (Å²) in [4.78, 5) is 22.2.